The molecule has 13 heavy (non-hydrogen) atoms. The van der Waals surface area contributed by atoms with Crippen LogP contribution in [0, 0.1) is 5.92 Å². The van der Waals surface area contributed by atoms with Gasteiger partial charge >= 0.3 is 6.08 Å². The highest BCUT2D eigenvalue weighted by atomic mass is 19.3. The van der Waals surface area contributed by atoms with Crippen LogP contribution in [0.3, 0.4) is 0 Å². The third-order valence-corrected chi connectivity index (χ3v) is 2.54. The molecule has 1 aliphatic rings. The van der Waals surface area contributed by atoms with Crippen LogP contribution in [0.15, 0.2) is 11.9 Å². The topological polar surface area (TPSA) is 20.2 Å². The molecule has 1 fully saturated rings. The normalized spacial score (nSPS) is 21.2. The lowest BCUT2D eigenvalue weighted by Gasteiger charge is -2.24. The van der Waals surface area contributed by atoms with Crippen LogP contribution in [0.5, 0.6) is 0 Å². The minimum atomic E-state index is -2.39. The Morgan fingerprint density at radius 2 is 1.62 bits per heavy atom. The van der Waals surface area contributed by atoms with Crippen molar-refractivity contribution in [3.63, 3.8) is 0 Å². The van der Waals surface area contributed by atoms with Crippen LogP contribution in [0.25, 0.3) is 0 Å². The van der Waals surface area contributed by atoms with Crippen molar-refractivity contribution in [2.45, 2.75) is 38.2 Å². The molecule has 0 aromatic heterocycles. The minimum Gasteiger partial charge on any atom is -0.385 e. The zero-order valence-corrected chi connectivity index (χ0v) is 7.27. The van der Waals surface area contributed by atoms with E-state index < -0.39 is 18.0 Å². The molecule has 1 nitrogen and oxygen atoms in total. The quantitative estimate of drug-likeness (QED) is 0.716. The SMILES string of the molecule is OC(C(F)=C(F)F)C1CCCCC1. The fraction of sp³-hybridized carbons (Fsp3) is 0.778. The first kappa shape index (κ1) is 10.6. The van der Waals surface area contributed by atoms with Gasteiger partial charge in [0.15, 0.2) is 5.83 Å². The zero-order chi connectivity index (χ0) is 9.84. The number of aliphatic hydroxyl groups is 1. The summed E-state index contributed by atoms with van der Waals surface area (Å²) < 4.78 is 36.1. The lowest BCUT2D eigenvalue weighted by atomic mass is 9.85. The molecule has 0 spiro atoms. The molecule has 0 saturated heterocycles. The molecule has 1 N–H and O–H groups in total. The molecule has 0 heterocycles. The van der Waals surface area contributed by atoms with E-state index in [1.54, 1.807) is 0 Å². The standard InChI is InChI=1S/C9H13F3O/c10-7(9(11)12)8(13)6-4-2-1-3-5-6/h6,8,13H,1-5H2. The van der Waals surface area contributed by atoms with Gasteiger partial charge in [0.25, 0.3) is 0 Å². The van der Waals surface area contributed by atoms with Crippen LogP contribution in [-0.2, 0) is 0 Å². The van der Waals surface area contributed by atoms with Crippen LogP contribution >= 0.6 is 0 Å². The number of rotatable bonds is 2. The molecule has 0 aromatic rings. The van der Waals surface area contributed by atoms with Crippen LogP contribution in [0.4, 0.5) is 13.2 Å². The third-order valence-electron chi connectivity index (χ3n) is 2.54. The Bertz CT molecular complexity index is 193. The predicted octanol–water partition coefficient (Wildman–Crippen LogP) is 3.01. The molecule has 1 saturated carbocycles. The average Bonchev–Trinajstić information content (AvgIpc) is 2.17. The van der Waals surface area contributed by atoms with Gasteiger partial charge in [-0.05, 0) is 18.8 Å². The van der Waals surface area contributed by atoms with Crippen molar-refractivity contribution < 1.29 is 18.3 Å². The monoisotopic (exact) mass is 194 g/mol. The summed E-state index contributed by atoms with van der Waals surface area (Å²) >= 11 is 0. The van der Waals surface area contributed by atoms with E-state index >= 15 is 0 Å². The van der Waals surface area contributed by atoms with E-state index in [2.05, 4.69) is 0 Å². The van der Waals surface area contributed by atoms with Crippen molar-refractivity contribution in [3.05, 3.63) is 11.9 Å². The number of halogens is 3. The Balaban J connectivity index is 2.55. The summed E-state index contributed by atoms with van der Waals surface area (Å²) in [5.41, 5.74) is 0. The molecule has 76 valence electrons. The van der Waals surface area contributed by atoms with Crippen molar-refractivity contribution >= 4 is 0 Å². The van der Waals surface area contributed by atoms with E-state index in [9.17, 15) is 18.3 Å². The fourth-order valence-corrected chi connectivity index (χ4v) is 1.77. The third kappa shape index (κ3) is 2.72. The highest BCUT2D eigenvalue weighted by Crippen LogP contribution is 2.31. The summed E-state index contributed by atoms with van der Waals surface area (Å²) in [5.74, 6) is -1.97. The second kappa shape index (κ2) is 4.65. The van der Waals surface area contributed by atoms with Gasteiger partial charge in [-0.1, -0.05) is 19.3 Å². The van der Waals surface area contributed by atoms with Gasteiger partial charge in [0, 0.05) is 0 Å². The Labute approximate surface area is 75.3 Å². The van der Waals surface area contributed by atoms with Gasteiger partial charge in [0.05, 0.1) is 0 Å². The summed E-state index contributed by atoms with van der Waals surface area (Å²) in [7, 11) is 0. The molecule has 0 radical (unpaired) electrons. The van der Waals surface area contributed by atoms with E-state index in [0.717, 1.165) is 19.3 Å². The summed E-state index contributed by atoms with van der Waals surface area (Å²) in [4.78, 5) is 0. The van der Waals surface area contributed by atoms with Crippen LogP contribution in [-0.4, -0.2) is 11.2 Å². The van der Waals surface area contributed by atoms with Crippen molar-refractivity contribution in [1.29, 1.82) is 0 Å². The fourth-order valence-electron chi connectivity index (χ4n) is 1.77. The second-order valence-electron chi connectivity index (χ2n) is 3.45. The molecule has 0 amide bonds. The van der Waals surface area contributed by atoms with Gasteiger partial charge in [0.2, 0.25) is 0 Å². The Kier molecular flexibility index (Phi) is 3.78. The molecular formula is C9H13F3O. The average molecular weight is 194 g/mol. The molecule has 1 unspecified atom stereocenters. The van der Waals surface area contributed by atoms with Gasteiger partial charge in [-0.3, -0.25) is 0 Å². The lowest BCUT2D eigenvalue weighted by molar-refractivity contribution is 0.0872. The van der Waals surface area contributed by atoms with Crippen LogP contribution in [0.1, 0.15) is 32.1 Å². The summed E-state index contributed by atoms with van der Waals surface area (Å²) in [5, 5.41) is 9.20. The first-order chi connectivity index (χ1) is 6.13. The van der Waals surface area contributed by atoms with Crippen molar-refractivity contribution in [3.8, 4) is 0 Å². The molecule has 1 aliphatic carbocycles. The van der Waals surface area contributed by atoms with Crippen LogP contribution < -0.4 is 0 Å². The molecule has 1 rings (SSSR count). The smallest absolute Gasteiger partial charge is 0.304 e. The lowest BCUT2D eigenvalue weighted by Crippen LogP contribution is -2.23. The minimum absolute atomic E-state index is 0.324. The van der Waals surface area contributed by atoms with Gasteiger partial charge in [0.1, 0.15) is 6.10 Å². The molecule has 0 aromatic carbocycles. The Morgan fingerprint density at radius 3 is 2.08 bits per heavy atom. The maximum Gasteiger partial charge on any atom is 0.304 e. The highest BCUT2D eigenvalue weighted by molar-refractivity contribution is 5.01. The van der Waals surface area contributed by atoms with E-state index in [1.807, 2.05) is 0 Å². The first-order valence-corrected chi connectivity index (χ1v) is 4.51. The molecule has 4 heteroatoms. The van der Waals surface area contributed by atoms with Crippen molar-refractivity contribution in [2.24, 2.45) is 5.92 Å². The highest BCUT2D eigenvalue weighted by Gasteiger charge is 2.27. The molecule has 0 bridgehead atoms. The van der Waals surface area contributed by atoms with Gasteiger partial charge in [-0.2, -0.15) is 8.78 Å². The zero-order valence-electron chi connectivity index (χ0n) is 7.27. The molecule has 0 aliphatic heterocycles. The van der Waals surface area contributed by atoms with Crippen molar-refractivity contribution in [2.75, 3.05) is 0 Å². The van der Waals surface area contributed by atoms with E-state index in [-0.39, 0.29) is 5.92 Å². The van der Waals surface area contributed by atoms with E-state index in [1.165, 1.54) is 0 Å². The molecular weight excluding hydrogens is 181 g/mol. The maximum absolute atomic E-state index is 12.6. The summed E-state index contributed by atoms with van der Waals surface area (Å²) in [6.45, 7) is 0. The largest absolute Gasteiger partial charge is 0.385 e. The number of hydrogen-bond donors (Lipinski definition) is 1. The summed E-state index contributed by atoms with van der Waals surface area (Å²) in [6, 6.07) is 0. The molecule has 1 atom stereocenters. The first-order valence-electron chi connectivity index (χ1n) is 4.51. The van der Waals surface area contributed by atoms with E-state index in [4.69, 9.17) is 0 Å². The second-order valence-corrected chi connectivity index (χ2v) is 3.45. The Morgan fingerprint density at radius 1 is 1.08 bits per heavy atom. The number of hydrogen-bond acceptors (Lipinski definition) is 1. The summed E-state index contributed by atoms with van der Waals surface area (Å²) in [6.07, 6.45) is 0.130. The van der Waals surface area contributed by atoms with Gasteiger partial charge in [-0.15, -0.1) is 0 Å². The Hall–Kier alpha value is -0.510. The maximum atomic E-state index is 12.6. The number of aliphatic hydroxyl groups excluding tert-OH is 1. The van der Waals surface area contributed by atoms with Crippen LogP contribution in [0.2, 0.25) is 0 Å². The van der Waals surface area contributed by atoms with Gasteiger partial charge < -0.3 is 5.11 Å². The predicted molar refractivity (Wildman–Crippen MR) is 42.9 cm³/mol. The van der Waals surface area contributed by atoms with Crippen molar-refractivity contribution in [1.82, 2.24) is 0 Å². The van der Waals surface area contributed by atoms with Gasteiger partial charge in [-0.25, -0.2) is 4.39 Å². The van der Waals surface area contributed by atoms with E-state index in [0.29, 0.717) is 12.8 Å².